The predicted molar refractivity (Wildman–Crippen MR) is 93.7 cm³/mol. The molecule has 0 heterocycles. The minimum atomic E-state index is -0.622. The van der Waals surface area contributed by atoms with E-state index in [4.69, 9.17) is 21.1 Å². The van der Waals surface area contributed by atoms with Crippen molar-refractivity contribution in [3.63, 3.8) is 0 Å². The van der Waals surface area contributed by atoms with Gasteiger partial charge in [0.1, 0.15) is 5.02 Å². The topological polar surface area (TPSA) is 90.7 Å². The number of nitrogens with one attached hydrogen (secondary N) is 1. The van der Waals surface area contributed by atoms with Gasteiger partial charge in [0.25, 0.3) is 11.6 Å². The standard InChI is InChI=1S/C17H17ClN2O5/c1-24-15-6-3-11(9-16(15)25-2)7-8-19-17(21)12-4-5-13(18)14(10-12)20(22)23/h3-6,9-10H,7-8H2,1-2H3,(H,19,21). The fourth-order valence-electron chi connectivity index (χ4n) is 2.25. The van der Waals surface area contributed by atoms with E-state index in [0.29, 0.717) is 24.5 Å². The number of amides is 1. The molecule has 2 aromatic carbocycles. The number of halogens is 1. The predicted octanol–water partition coefficient (Wildman–Crippen LogP) is 3.24. The normalized spacial score (nSPS) is 10.2. The fraction of sp³-hybridized carbons (Fsp3) is 0.235. The number of hydrogen-bond donors (Lipinski definition) is 1. The van der Waals surface area contributed by atoms with Gasteiger partial charge in [0, 0.05) is 18.2 Å². The lowest BCUT2D eigenvalue weighted by Gasteiger charge is -2.10. The molecule has 0 radical (unpaired) electrons. The summed E-state index contributed by atoms with van der Waals surface area (Å²) >= 11 is 5.74. The van der Waals surface area contributed by atoms with Gasteiger partial charge in [-0.2, -0.15) is 0 Å². The van der Waals surface area contributed by atoms with E-state index in [9.17, 15) is 14.9 Å². The molecule has 0 aliphatic heterocycles. The minimum Gasteiger partial charge on any atom is -0.493 e. The first-order valence-electron chi connectivity index (χ1n) is 7.39. The maximum absolute atomic E-state index is 12.1. The quantitative estimate of drug-likeness (QED) is 0.601. The van der Waals surface area contributed by atoms with Gasteiger partial charge < -0.3 is 14.8 Å². The molecule has 0 atom stereocenters. The van der Waals surface area contributed by atoms with Crippen LogP contribution in [0.1, 0.15) is 15.9 Å². The molecule has 2 aromatic rings. The Bertz CT molecular complexity index is 795. The molecule has 0 saturated heterocycles. The Labute approximate surface area is 149 Å². The maximum Gasteiger partial charge on any atom is 0.288 e. The molecule has 8 heteroatoms. The monoisotopic (exact) mass is 364 g/mol. The van der Waals surface area contributed by atoms with Crippen LogP contribution < -0.4 is 14.8 Å². The lowest BCUT2D eigenvalue weighted by atomic mass is 10.1. The summed E-state index contributed by atoms with van der Waals surface area (Å²) < 4.78 is 10.4. The van der Waals surface area contributed by atoms with Gasteiger partial charge in [0.2, 0.25) is 0 Å². The van der Waals surface area contributed by atoms with Crippen LogP contribution in [-0.2, 0) is 6.42 Å². The fourth-order valence-corrected chi connectivity index (χ4v) is 2.44. The van der Waals surface area contributed by atoms with Crippen LogP contribution in [-0.4, -0.2) is 31.6 Å². The lowest BCUT2D eigenvalue weighted by molar-refractivity contribution is -0.384. The summed E-state index contributed by atoms with van der Waals surface area (Å²) in [4.78, 5) is 22.4. The van der Waals surface area contributed by atoms with E-state index < -0.39 is 10.8 Å². The molecule has 2 rings (SSSR count). The van der Waals surface area contributed by atoms with Crippen molar-refractivity contribution in [2.45, 2.75) is 6.42 Å². The first kappa shape index (κ1) is 18.5. The first-order chi connectivity index (χ1) is 12.0. The number of rotatable bonds is 7. The van der Waals surface area contributed by atoms with Gasteiger partial charge in [-0.25, -0.2) is 0 Å². The third kappa shape index (κ3) is 4.60. The van der Waals surface area contributed by atoms with Gasteiger partial charge in [-0.05, 0) is 36.2 Å². The molecule has 0 fully saturated rings. The van der Waals surface area contributed by atoms with Crippen LogP contribution in [0, 0.1) is 10.1 Å². The second-order valence-electron chi connectivity index (χ2n) is 5.12. The average molecular weight is 365 g/mol. The minimum absolute atomic E-state index is 0.00752. The third-order valence-corrected chi connectivity index (χ3v) is 3.87. The van der Waals surface area contributed by atoms with Gasteiger partial charge in [-0.3, -0.25) is 14.9 Å². The number of nitrogens with zero attached hydrogens (tertiary/aromatic N) is 1. The summed E-state index contributed by atoms with van der Waals surface area (Å²) in [6.45, 7) is 0.366. The van der Waals surface area contributed by atoms with Gasteiger partial charge in [0.05, 0.1) is 19.1 Å². The highest BCUT2D eigenvalue weighted by Crippen LogP contribution is 2.27. The van der Waals surface area contributed by atoms with E-state index in [2.05, 4.69) is 5.32 Å². The van der Waals surface area contributed by atoms with E-state index in [1.165, 1.54) is 12.1 Å². The molecular weight excluding hydrogens is 348 g/mol. The number of carbonyl (C=O) groups excluding carboxylic acids is 1. The Morgan fingerprint density at radius 3 is 2.52 bits per heavy atom. The van der Waals surface area contributed by atoms with Crippen LogP contribution >= 0.6 is 11.6 Å². The van der Waals surface area contributed by atoms with Crippen molar-refractivity contribution in [3.05, 3.63) is 62.7 Å². The second kappa shape index (κ2) is 8.34. The number of nitro benzene ring substituents is 1. The Balaban J connectivity index is 1.99. The average Bonchev–Trinajstić information content (AvgIpc) is 2.61. The summed E-state index contributed by atoms with van der Waals surface area (Å²) in [5, 5.41) is 13.6. The van der Waals surface area contributed by atoms with E-state index in [1.807, 2.05) is 12.1 Å². The number of benzene rings is 2. The number of ether oxygens (including phenoxy) is 2. The molecule has 0 aliphatic carbocycles. The highest BCUT2D eigenvalue weighted by molar-refractivity contribution is 6.32. The van der Waals surface area contributed by atoms with Crippen molar-refractivity contribution < 1.29 is 19.2 Å². The van der Waals surface area contributed by atoms with Crippen molar-refractivity contribution in [3.8, 4) is 11.5 Å². The van der Waals surface area contributed by atoms with Crippen molar-refractivity contribution in [2.75, 3.05) is 20.8 Å². The summed E-state index contributed by atoms with van der Waals surface area (Å²) in [7, 11) is 3.11. The van der Waals surface area contributed by atoms with Crippen LogP contribution in [0.25, 0.3) is 0 Å². The lowest BCUT2D eigenvalue weighted by Crippen LogP contribution is -2.25. The van der Waals surface area contributed by atoms with Crippen LogP contribution in [0.4, 0.5) is 5.69 Å². The van der Waals surface area contributed by atoms with Crippen LogP contribution in [0.15, 0.2) is 36.4 Å². The number of nitro groups is 1. The van der Waals surface area contributed by atoms with E-state index in [-0.39, 0.29) is 16.3 Å². The SMILES string of the molecule is COc1ccc(CCNC(=O)c2ccc(Cl)c([N+](=O)[O-])c2)cc1OC. The molecular formula is C17H17ClN2O5. The molecule has 25 heavy (non-hydrogen) atoms. The van der Waals surface area contributed by atoms with Gasteiger partial charge in [0.15, 0.2) is 11.5 Å². The number of carbonyl (C=O) groups is 1. The van der Waals surface area contributed by atoms with Crippen molar-refractivity contribution >= 4 is 23.2 Å². The van der Waals surface area contributed by atoms with Gasteiger partial charge in [-0.15, -0.1) is 0 Å². The molecule has 0 aliphatic rings. The number of hydrogen-bond acceptors (Lipinski definition) is 5. The summed E-state index contributed by atoms with van der Waals surface area (Å²) in [5.41, 5.74) is 0.845. The number of methoxy groups -OCH3 is 2. The zero-order valence-electron chi connectivity index (χ0n) is 13.7. The Hall–Kier alpha value is -2.80. The Kier molecular flexibility index (Phi) is 6.19. The second-order valence-corrected chi connectivity index (χ2v) is 5.53. The van der Waals surface area contributed by atoms with Crippen LogP contribution in [0.5, 0.6) is 11.5 Å². The molecule has 0 bridgehead atoms. The third-order valence-electron chi connectivity index (χ3n) is 3.55. The van der Waals surface area contributed by atoms with Crippen LogP contribution in [0.3, 0.4) is 0 Å². The molecule has 1 amide bonds. The molecule has 0 spiro atoms. The zero-order chi connectivity index (χ0) is 18.4. The molecule has 0 unspecified atom stereocenters. The van der Waals surface area contributed by atoms with E-state index in [0.717, 1.165) is 11.6 Å². The van der Waals surface area contributed by atoms with Crippen LogP contribution in [0.2, 0.25) is 5.02 Å². The Morgan fingerprint density at radius 2 is 1.88 bits per heavy atom. The van der Waals surface area contributed by atoms with Gasteiger partial charge in [-0.1, -0.05) is 17.7 Å². The van der Waals surface area contributed by atoms with E-state index in [1.54, 1.807) is 20.3 Å². The van der Waals surface area contributed by atoms with Crippen molar-refractivity contribution in [1.29, 1.82) is 0 Å². The molecule has 7 nitrogen and oxygen atoms in total. The summed E-state index contributed by atoms with van der Waals surface area (Å²) in [5.74, 6) is 0.837. The van der Waals surface area contributed by atoms with Gasteiger partial charge >= 0.3 is 0 Å². The molecule has 0 saturated carbocycles. The largest absolute Gasteiger partial charge is 0.493 e. The van der Waals surface area contributed by atoms with E-state index >= 15 is 0 Å². The zero-order valence-corrected chi connectivity index (χ0v) is 14.5. The van der Waals surface area contributed by atoms with Crippen molar-refractivity contribution in [2.24, 2.45) is 0 Å². The maximum atomic E-state index is 12.1. The van der Waals surface area contributed by atoms with Crippen molar-refractivity contribution in [1.82, 2.24) is 5.32 Å². The highest BCUT2D eigenvalue weighted by Gasteiger charge is 2.16. The highest BCUT2D eigenvalue weighted by atomic mass is 35.5. The molecule has 0 aromatic heterocycles. The summed E-state index contributed by atoms with van der Waals surface area (Å²) in [6.07, 6.45) is 0.571. The molecule has 132 valence electrons. The smallest absolute Gasteiger partial charge is 0.288 e. The Morgan fingerprint density at radius 1 is 1.16 bits per heavy atom. The first-order valence-corrected chi connectivity index (χ1v) is 7.77. The molecule has 1 N–H and O–H groups in total. The summed E-state index contributed by atoms with van der Waals surface area (Å²) in [6, 6.07) is 9.44.